The summed E-state index contributed by atoms with van der Waals surface area (Å²) >= 11 is 0. The lowest BCUT2D eigenvalue weighted by atomic mass is 9.89. The van der Waals surface area contributed by atoms with Crippen LogP contribution in [0.4, 0.5) is 0 Å². The molecule has 0 saturated carbocycles. The summed E-state index contributed by atoms with van der Waals surface area (Å²) in [6.07, 6.45) is 9.80. The number of nitrogens with zero attached hydrogens (tertiary/aromatic N) is 1. The average Bonchev–Trinajstić information content (AvgIpc) is 3.22. The fraction of sp³-hybridized carbons (Fsp3) is 0.444. The zero-order valence-corrected chi connectivity index (χ0v) is 13.7. The molecule has 1 fully saturated rings. The maximum Gasteiger partial charge on any atom is 0.354 e. The zero-order chi connectivity index (χ0) is 16.7. The van der Waals surface area contributed by atoms with E-state index in [0.29, 0.717) is 17.5 Å². The van der Waals surface area contributed by atoms with Crippen molar-refractivity contribution in [2.75, 3.05) is 20.8 Å². The second-order valence-corrected chi connectivity index (χ2v) is 6.20. The van der Waals surface area contributed by atoms with Crippen LogP contribution in [0.25, 0.3) is 12.2 Å². The van der Waals surface area contributed by atoms with Crippen LogP contribution >= 0.6 is 0 Å². The van der Waals surface area contributed by atoms with Crippen LogP contribution in [0.1, 0.15) is 34.8 Å². The minimum atomic E-state index is -0.378. The molecule has 126 valence electrons. The summed E-state index contributed by atoms with van der Waals surface area (Å²) in [4.78, 5) is 19.9. The number of H-pyrrole nitrogens is 1. The summed E-state index contributed by atoms with van der Waals surface area (Å²) in [5.74, 6) is 0.470. The number of aromatic nitrogens is 1. The number of allylic oxidation sites excluding steroid dienone is 1. The van der Waals surface area contributed by atoms with Crippen molar-refractivity contribution in [3.63, 3.8) is 0 Å². The van der Waals surface area contributed by atoms with E-state index < -0.39 is 0 Å². The maximum atomic E-state index is 12.3. The van der Waals surface area contributed by atoms with Gasteiger partial charge < -0.3 is 19.2 Å². The van der Waals surface area contributed by atoms with Gasteiger partial charge in [-0.1, -0.05) is 12.2 Å². The van der Waals surface area contributed by atoms with Gasteiger partial charge in [0.2, 0.25) is 0 Å². The Kier molecular flexibility index (Phi) is 3.76. The van der Waals surface area contributed by atoms with Crippen LogP contribution in [0.3, 0.4) is 0 Å². The second-order valence-electron chi connectivity index (χ2n) is 6.20. The van der Waals surface area contributed by atoms with Gasteiger partial charge in [0.15, 0.2) is 5.90 Å². The predicted molar refractivity (Wildman–Crippen MR) is 89.1 cm³/mol. The Labute approximate surface area is 139 Å². The Morgan fingerprint density at radius 3 is 3.04 bits per heavy atom. The summed E-state index contributed by atoms with van der Waals surface area (Å²) in [6, 6.07) is 0. The highest BCUT2D eigenvalue weighted by Gasteiger charge is 2.33. The molecule has 1 N–H and O–H groups in total. The Bertz CT molecular complexity index is 849. The highest BCUT2D eigenvalue weighted by molar-refractivity contribution is 5.94. The standard InChI is InChI=1S/C18H20N2O4/c1-22-17-11(4-3-6-19-17)15-12-9-14-10(5-7-24-14)8-13(12)20-16(15)18(21)23-2/h3,6,8-11,14,20H,4-5,7H2,1-2H3. The molecule has 24 heavy (non-hydrogen) atoms. The minimum absolute atomic E-state index is 0.0691. The lowest BCUT2D eigenvalue weighted by molar-refractivity contribution is 0.0593. The third-order valence-electron chi connectivity index (χ3n) is 4.93. The van der Waals surface area contributed by atoms with Gasteiger partial charge >= 0.3 is 5.97 Å². The van der Waals surface area contributed by atoms with Gasteiger partial charge in [-0.25, -0.2) is 9.79 Å². The molecule has 1 aliphatic carbocycles. The Morgan fingerprint density at radius 2 is 2.25 bits per heavy atom. The van der Waals surface area contributed by atoms with E-state index in [1.807, 2.05) is 6.08 Å². The molecule has 3 atom stereocenters. The number of carbonyl (C=O) groups excluding carboxylic acids is 1. The van der Waals surface area contributed by atoms with Crippen molar-refractivity contribution in [1.29, 1.82) is 0 Å². The van der Waals surface area contributed by atoms with Crippen LogP contribution in [0, 0.1) is 5.92 Å². The van der Waals surface area contributed by atoms with Gasteiger partial charge in [0, 0.05) is 34.9 Å². The molecule has 3 aliphatic rings. The van der Waals surface area contributed by atoms with Gasteiger partial charge in [-0.3, -0.25) is 0 Å². The van der Waals surface area contributed by atoms with E-state index in [-0.39, 0.29) is 18.0 Å². The average molecular weight is 328 g/mol. The van der Waals surface area contributed by atoms with Crippen molar-refractivity contribution in [2.45, 2.75) is 24.9 Å². The third kappa shape index (κ3) is 2.29. The van der Waals surface area contributed by atoms with E-state index in [1.165, 1.54) is 7.11 Å². The Hall–Kier alpha value is -2.34. The smallest absolute Gasteiger partial charge is 0.354 e. The molecule has 2 aliphatic heterocycles. The number of hydrogen-bond donors (Lipinski definition) is 1. The van der Waals surface area contributed by atoms with Gasteiger partial charge in [0.25, 0.3) is 0 Å². The van der Waals surface area contributed by atoms with Gasteiger partial charge in [0.05, 0.1) is 26.2 Å². The fourth-order valence-electron chi connectivity index (χ4n) is 3.79. The molecule has 0 radical (unpaired) electrons. The molecule has 3 heterocycles. The van der Waals surface area contributed by atoms with E-state index in [4.69, 9.17) is 14.2 Å². The summed E-state index contributed by atoms with van der Waals surface area (Å²) in [6.45, 7) is 0.767. The molecule has 3 unspecified atom stereocenters. The van der Waals surface area contributed by atoms with Crippen molar-refractivity contribution in [1.82, 2.24) is 4.98 Å². The zero-order valence-electron chi connectivity index (χ0n) is 13.7. The Balaban J connectivity index is 1.93. The maximum absolute atomic E-state index is 12.3. The molecular formula is C18H20N2O4. The molecule has 0 aromatic carbocycles. The van der Waals surface area contributed by atoms with E-state index in [0.717, 1.165) is 35.6 Å². The molecule has 1 aromatic rings. The summed E-state index contributed by atoms with van der Waals surface area (Å²) in [5.41, 5.74) is 1.35. The van der Waals surface area contributed by atoms with Crippen molar-refractivity contribution in [3.05, 3.63) is 34.1 Å². The van der Waals surface area contributed by atoms with Crippen LogP contribution in [-0.2, 0) is 14.2 Å². The number of aliphatic imine (C=N–C) groups is 1. The number of carbonyl (C=O) groups is 1. The monoisotopic (exact) mass is 328 g/mol. The summed E-state index contributed by atoms with van der Waals surface area (Å²) in [7, 11) is 3.00. The molecule has 6 nitrogen and oxygen atoms in total. The summed E-state index contributed by atoms with van der Waals surface area (Å²) < 4.78 is 16.2. The molecule has 0 amide bonds. The van der Waals surface area contributed by atoms with Gasteiger partial charge in [-0.05, 0) is 18.9 Å². The molecule has 4 rings (SSSR count). The van der Waals surface area contributed by atoms with Crippen LogP contribution in [0.15, 0.2) is 17.3 Å². The van der Waals surface area contributed by atoms with E-state index in [2.05, 4.69) is 22.1 Å². The van der Waals surface area contributed by atoms with Gasteiger partial charge in [0.1, 0.15) is 5.69 Å². The largest absolute Gasteiger partial charge is 0.484 e. The molecule has 0 spiro atoms. The van der Waals surface area contributed by atoms with E-state index >= 15 is 0 Å². The predicted octanol–water partition coefficient (Wildman–Crippen LogP) is 0.827. The second kappa shape index (κ2) is 5.94. The quantitative estimate of drug-likeness (QED) is 0.816. The van der Waals surface area contributed by atoms with Crippen molar-refractivity contribution >= 4 is 24.0 Å². The van der Waals surface area contributed by atoms with Crippen molar-refractivity contribution < 1.29 is 19.0 Å². The first kappa shape index (κ1) is 15.2. The lowest BCUT2D eigenvalue weighted by Gasteiger charge is -2.20. The lowest BCUT2D eigenvalue weighted by Crippen LogP contribution is -2.36. The molecule has 6 heteroatoms. The first-order valence-electron chi connectivity index (χ1n) is 8.15. The minimum Gasteiger partial charge on any atom is -0.484 e. The van der Waals surface area contributed by atoms with E-state index in [9.17, 15) is 4.79 Å². The third-order valence-corrected chi connectivity index (χ3v) is 4.93. The van der Waals surface area contributed by atoms with Crippen LogP contribution in [0.5, 0.6) is 0 Å². The summed E-state index contributed by atoms with van der Waals surface area (Å²) in [5, 5.41) is 1.96. The Morgan fingerprint density at radius 1 is 1.38 bits per heavy atom. The highest BCUT2D eigenvalue weighted by Crippen LogP contribution is 2.28. The molecule has 0 bridgehead atoms. The number of esters is 1. The topological polar surface area (TPSA) is 72.9 Å². The SMILES string of the molecule is COC(=O)c1[nH]c2c(c1C1CC=CN=C1OC)=CC1OCCC1C=2. The number of aromatic amines is 1. The normalized spacial score (nSPS) is 27.4. The number of fused-ring (bicyclic) bond motifs is 2. The van der Waals surface area contributed by atoms with Crippen molar-refractivity contribution in [2.24, 2.45) is 10.9 Å². The first-order valence-corrected chi connectivity index (χ1v) is 8.15. The van der Waals surface area contributed by atoms with E-state index in [1.54, 1.807) is 13.3 Å². The molecule has 1 aromatic heterocycles. The number of methoxy groups -OCH3 is 2. The first-order chi connectivity index (χ1) is 11.7. The number of nitrogens with one attached hydrogen (secondary N) is 1. The van der Waals surface area contributed by atoms with Crippen molar-refractivity contribution in [3.8, 4) is 0 Å². The van der Waals surface area contributed by atoms with Crippen LogP contribution < -0.4 is 10.6 Å². The number of rotatable bonds is 2. The van der Waals surface area contributed by atoms with Crippen LogP contribution in [0.2, 0.25) is 0 Å². The van der Waals surface area contributed by atoms with Gasteiger partial charge in [-0.2, -0.15) is 0 Å². The number of hydrogen-bond acceptors (Lipinski definition) is 5. The van der Waals surface area contributed by atoms with Crippen LogP contribution in [-0.4, -0.2) is 43.8 Å². The fourth-order valence-corrected chi connectivity index (χ4v) is 3.79. The number of ether oxygens (including phenoxy) is 3. The molecular weight excluding hydrogens is 308 g/mol. The molecule has 1 saturated heterocycles. The highest BCUT2D eigenvalue weighted by atomic mass is 16.5. The van der Waals surface area contributed by atoms with Gasteiger partial charge in [-0.15, -0.1) is 0 Å².